The first-order chi connectivity index (χ1) is 7.52. The number of nitrogens with two attached hydrogens (primary N) is 1. The molecule has 0 aromatic carbocycles. The smallest absolute Gasteiger partial charge is 0.292 e. The molecule has 0 amide bonds. The van der Waals surface area contributed by atoms with E-state index in [0.29, 0.717) is 17.9 Å². The van der Waals surface area contributed by atoms with Gasteiger partial charge in [-0.05, 0) is 19.9 Å². The van der Waals surface area contributed by atoms with E-state index in [2.05, 4.69) is 9.72 Å². The van der Waals surface area contributed by atoms with Gasteiger partial charge in [0.05, 0.1) is 12.7 Å². The molecule has 0 unspecified atom stereocenters. The van der Waals surface area contributed by atoms with E-state index in [-0.39, 0.29) is 5.78 Å². The summed E-state index contributed by atoms with van der Waals surface area (Å²) >= 11 is 0. The molecule has 0 aliphatic heterocycles. The lowest BCUT2D eigenvalue weighted by atomic mass is 10.2. The van der Waals surface area contributed by atoms with Gasteiger partial charge < -0.3 is 15.5 Å². The molecular weight excluding hydrogens is 208 g/mol. The maximum atomic E-state index is 10.8. The van der Waals surface area contributed by atoms with Crippen LogP contribution in [0.1, 0.15) is 36.8 Å². The van der Waals surface area contributed by atoms with Crippen LogP contribution in [-0.2, 0) is 9.53 Å². The predicted octanol–water partition coefficient (Wildman–Crippen LogP) is 1.92. The molecule has 0 aliphatic rings. The maximum absolute atomic E-state index is 10.8. The number of carbonyl (C=O) groups is 2. The Labute approximate surface area is 96.0 Å². The molecule has 92 valence electrons. The third-order valence-corrected chi connectivity index (χ3v) is 1.46. The van der Waals surface area contributed by atoms with E-state index in [0.717, 1.165) is 5.69 Å². The summed E-state index contributed by atoms with van der Waals surface area (Å²) < 4.78 is 3.86. The van der Waals surface area contributed by atoms with Gasteiger partial charge in [-0.2, -0.15) is 0 Å². The number of hydrogen-bond acceptors (Lipinski definition) is 4. The number of methoxy groups -OCH3 is 1. The first kappa shape index (κ1) is 16.6. The minimum atomic E-state index is 0.00171. The van der Waals surface area contributed by atoms with Crippen molar-refractivity contribution >= 4 is 18.1 Å². The van der Waals surface area contributed by atoms with Gasteiger partial charge in [0.1, 0.15) is 5.82 Å². The van der Waals surface area contributed by atoms with Crippen LogP contribution in [0, 0.1) is 6.92 Å². The zero-order chi connectivity index (χ0) is 13.1. The van der Waals surface area contributed by atoms with Crippen molar-refractivity contribution in [3.63, 3.8) is 0 Å². The lowest BCUT2D eigenvalue weighted by Gasteiger charge is -1.88. The number of anilines is 1. The maximum Gasteiger partial charge on any atom is 0.292 e. The summed E-state index contributed by atoms with van der Waals surface area (Å²) in [7, 11) is 1.31. The van der Waals surface area contributed by atoms with E-state index in [4.69, 9.17) is 10.5 Å². The SMILES string of the molecule is CC.CC(=O)c1cc(C)[nH]c1N.COC=O. The Morgan fingerprint density at radius 2 is 1.94 bits per heavy atom. The van der Waals surface area contributed by atoms with Crippen LogP contribution in [-0.4, -0.2) is 24.3 Å². The number of Topliss-reactive ketones (excluding diaryl/α,β-unsaturated/α-hetero) is 1. The van der Waals surface area contributed by atoms with Crippen LogP contribution in [0.15, 0.2) is 6.07 Å². The van der Waals surface area contributed by atoms with Crippen LogP contribution < -0.4 is 5.73 Å². The quantitative estimate of drug-likeness (QED) is 0.598. The molecule has 5 nitrogen and oxygen atoms in total. The van der Waals surface area contributed by atoms with Crippen molar-refractivity contribution in [1.29, 1.82) is 0 Å². The van der Waals surface area contributed by atoms with E-state index in [1.54, 1.807) is 6.07 Å². The summed E-state index contributed by atoms with van der Waals surface area (Å²) in [5.74, 6) is 0.465. The van der Waals surface area contributed by atoms with E-state index in [9.17, 15) is 4.79 Å². The third kappa shape index (κ3) is 6.64. The molecule has 0 spiro atoms. The molecule has 0 aliphatic carbocycles. The topological polar surface area (TPSA) is 85.2 Å². The average Bonchev–Trinajstić information content (AvgIpc) is 2.61. The van der Waals surface area contributed by atoms with Crippen molar-refractivity contribution < 1.29 is 14.3 Å². The Morgan fingerprint density at radius 3 is 2.06 bits per heavy atom. The Morgan fingerprint density at radius 1 is 1.50 bits per heavy atom. The van der Waals surface area contributed by atoms with Crippen LogP contribution in [0.3, 0.4) is 0 Å². The van der Waals surface area contributed by atoms with E-state index in [1.807, 2.05) is 20.8 Å². The molecule has 16 heavy (non-hydrogen) atoms. The number of nitrogen functional groups attached to an aromatic ring is 1. The van der Waals surface area contributed by atoms with Crippen molar-refractivity contribution in [1.82, 2.24) is 4.98 Å². The Kier molecular flexibility index (Phi) is 10.2. The van der Waals surface area contributed by atoms with Gasteiger partial charge in [0.15, 0.2) is 5.78 Å². The lowest BCUT2D eigenvalue weighted by Crippen LogP contribution is -1.95. The monoisotopic (exact) mass is 228 g/mol. The number of aryl methyl sites for hydroxylation is 1. The first-order valence-electron chi connectivity index (χ1n) is 4.95. The van der Waals surface area contributed by atoms with Crippen LogP contribution in [0.5, 0.6) is 0 Å². The number of ether oxygens (including phenoxy) is 1. The zero-order valence-electron chi connectivity index (χ0n) is 10.5. The third-order valence-electron chi connectivity index (χ3n) is 1.46. The van der Waals surface area contributed by atoms with Gasteiger partial charge in [-0.25, -0.2) is 0 Å². The van der Waals surface area contributed by atoms with Gasteiger partial charge in [0.2, 0.25) is 0 Å². The molecule has 0 fully saturated rings. The molecule has 1 heterocycles. The van der Waals surface area contributed by atoms with Crippen LogP contribution in [0.2, 0.25) is 0 Å². The highest BCUT2D eigenvalue weighted by Crippen LogP contribution is 2.11. The van der Waals surface area contributed by atoms with Crippen LogP contribution in [0.25, 0.3) is 0 Å². The summed E-state index contributed by atoms with van der Waals surface area (Å²) in [4.78, 5) is 22.6. The molecule has 5 heteroatoms. The molecule has 0 bridgehead atoms. The molecule has 1 aromatic rings. The Balaban J connectivity index is 0. The summed E-state index contributed by atoms with van der Waals surface area (Å²) in [6.45, 7) is 7.74. The lowest BCUT2D eigenvalue weighted by molar-refractivity contribution is -0.126. The second kappa shape index (κ2) is 9.76. The second-order valence-corrected chi connectivity index (χ2v) is 2.67. The van der Waals surface area contributed by atoms with Crippen molar-refractivity contribution in [2.24, 2.45) is 0 Å². The van der Waals surface area contributed by atoms with Gasteiger partial charge in [0.25, 0.3) is 6.47 Å². The summed E-state index contributed by atoms with van der Waals surface area (Å²) in [5, 5.41) is 0. The molecule has 0 saturated heterocycles. The largest absolute Gasteiger partial charge is 0.471 e. The Hall–Kier alpha value is -1.78. The normalized spacial score (nSPS) is 7.81. The van der Waals surface area contributed by atoms with Crippen molar-refractivity contribution in [3.05, 3.63) is 17.3 Å². The number of aromatic nitrogens is 1. The summed E-state index contributed by atoms with van der Waals surface area (Å²) in [6, 6.07) is 1.75. The fourth-order valence-corrected chi connectivity index (χ4v) is 0.901. The number of rotatable bonds is 2. The molecule has 3 N–H and O–H groups in total. The molecule has 1 aromatic heterocycles. The van der Waals surface area contributed by atoms with E-state index >= 15 is 0 Å². The predicted molar refractivity (Wildman–Crippen MR) is 64.4 cm³/mol. The summed E-state index contributed by atoms with van der Waals surface area (Å²) in [5.41, 5.74) is 6.97. The number of carbonyl (C=O) groups excluding carboxylic acids is 2. The van der Waals surface area contributed by atoms with Gasteiger partial charge in [-0.15, -0.1) is 0 Å². The molecular formula is C11H20N2O3. The first-order valence-corrected chi connectivity index (χ1v) is 4.95. The Bertz CT molecular complexity index is 319. The van der Waals surface area contributed by atoms with Gasteiger partial charge in [-0.1, -0.05) is 13.8 Å². The van der Waals surface area contributed by atoms with Gasteiger partial charge >= 0.3 is 0 Å². The summed E-state index contributed by atoms with van der Waals surface area (Å²) in [6.07, 6.45) is 0. The van der Waals surface area contributed by atoms with Crippen LogP contribution >= 0.6 is 0 Å². The number of ketones is 1. The second-order valence-electron chi connectivity index (χ2n) is 2.67. The number of H-pyrrole nitrogens is 1. The number of nitrogens with one attached hydrogen (secondary N) is 1. The fraction of sp³-hybridized carbons (Fsp3) is 0.455. The van der Waals surface area contributed by atoms with Crippen molar-refractivity contribution in [2.45, 2.75) is 27.7 Å². The van der Waals surface area contributed by atoms with Crippen LogP contribution in [0.4, 0.5) is 5.82 Å². The highest BCUT2D eigenvalue weighted by atomic mass is 16.5. The minimum Gasteiger partial charge on any atom is -0.471 e. The molecule has 0 atom stereocenters. The number of hydrogen-bond donors (Lipinski definition) is 2. The average molecular weight is 228 g/mol. The van der Waals surface area contributed by atoms with Crippen molar-refractivity contribution in [2.75, 3.05) is 12.8 Å². The highest BCUT2D eigenvalue weighted by molar-refractivity contribution is 5.98. The highest BCUT2D eigenvalue weighted by Gasteiger charge is 2.05. The van der Waals surface area contributed by atoms with Crippen molar-refractivity contribution in [3.8, 4) is 0 Å². The molecule has 1 rings (SSSR count). The fourth-order valence-electron chi connectivity index (χ4n) is 0.901. The minimum absolute atomic E-state index is 0.00171. The van der Waals surface area contributed by atoms with Gasteiger partial charge in [-0.3, -0.25) is 9.59 Å². The van der Waals surface area contributed by atoms with E-state index in [1.165, 1.54) is 14.0 Å². The molecule has 0 radical (unpaired) electrons. The zero-order valence-corrected chi connectivity index (χ0v) is 10.5. The number of aromatic amines is 1. The van der Waals surface area contributed by atoms with E-state index < -0.39 is 0 Å². The molecule has 0 saturated carbocycles. The van der Waals surface area contributed by atoms with Gasteiger partial charge in [0, 0.05) is 5.69 Å². The standard InChI is InChI=1S/C7H10N2O.C2H4O2.C2H6/c1-4-3-6(5(2)10)7(8)9-4;1-4-2-3;1-2/h3,9H,8H2,1-2H3;2H,1H3;1-2H3.